The van der Waals surface area contributed by atoms with Crippen LogP contribution in [-0.4, -0.2) is 20.7 Å². The van der Waals surface area contributed by atoms with Crippen LogP contribution in [0.1, 0.15) is 16.8 Å². The molecule has 0 bridgehead atoms. The average molecular weight is 385 g/mol. The molecule has 2 aromatic heterocycles. The SMILES string of the molecule is NC(=O)N(Cc1ccccc1)n1c(=O)c(Cc2ccccc2)nc2cccnc21. The molecule has 0 saturated heterocycles. The molecule has 4 aromatic rings. The number of nitrogens with two attached hydrogens (primary N) is 1. The summed E-state index contributed by atoms with van der Waals surface area (Å²) in [5.74, 6) is 0. The lowest BCUT2D eigenvalue weighted by atomic mass is 10.1. The fourth-order valence-corrected chi connectivity index (χ4v) is 3.18. The minimum Gasteiger partial charge on any atom is -0.350 e. The maximum atomic E-state index is 13.3. The molecule has 0 spiro atoms. The molecule has 0 aliphatic rings. The summed E-state index contributed by atoms with van der Waals surface area (Å²) in [4.78, 5) is 34.4. The number of hydrogen-bond acceptors (Lipinski definition) is 4. The van der Waals surface area contributed by atoms with Gasteiger partial charge in [0.15, 0.2) is 5.65 Å². The molecular weight excluding hydrogens is 366 g/mol. The van der Waals surface area contributed by atoms with Crippen molar-refractivity contribution in [1.29, 1.82) is 0 Å². The van der Waals surface area contributed by atoms with E-state index in [1.165, 1.54) is 9.69 Å². The number of aromatic nitrogens is 3. The largest absolute Gasteiger partial charge is 0.350 e. The van der Waals surface area contributed by atoms with Gasteiger partial charge in [-0.05, 0) is 23.3 Å². The Morgan fingerprint density at radius 2 is 1.59 bits per heavy atom. The molecule has 0 saturated carbocycles. The van der Waals surface area contributed by atoms with Gasteiger partial charge in [0, 0.05) is 12.6 Å². The van der Waals surface area contributed by atoms with E-state index >= 15 is 0 Å². The summed E-state index contributed by atoms with van der Waals surface area (Å²) in [7, 11) is 0. The van der Waals surface area contributed by atoms with Crippen molar-refractivity contribution in [3.8, 4) is 0 Å². The van der Waals surface area contributed by atoms with Gasteiger partial charge in [0.2, 0.25) is 0 Å². The first-order valence-electron chi connectivity index (χ1n) is 9.15. The van der Waals surface area contributed by atoms with Crippen LogP contribution in [0.4, 0.5) is 4.79 Å². The second-order valence-electron chi connectivity index (χ2n) is 6.57. The number of carbonyl (C=O) groups is 1. The summed E-state index contributed by atoms with van der Waals surface area (Å²) in [5.41, 5.74) is 8.13. The highest BCUT2D eigenvalue weighted by atomic mass is 16.2. The molecule has 4 rings (SSSR count). The van der Waals surface area contributed by atoms with E-state index in [2.05, 4.69) is 9.97 Å². The van der Waals surface area contributed by atoms with Gasteiger partial charge in [-0.15, -0.1) is 0 Å². The van der Waals surface area contributed by atoms with Crippen LogP contribution >= 0.6 is 0 Å². The second-order valence-corrected chi connectivity index (χ2v) is 6.57. The van der Waals surface area contributed by atoms with Gasteiger partial charge in [-0.3, -0.25) is 4.79 Å². The lowest BCUT2D eigenvalue weighted by Crippen LogP contribution is -2.50. The Balaban J connectivity index is 1.88. The van der Waals surface area contributed by atoms with Gasteiger partial charge in [0.05, 0.1) is 6.54 Å². The predicted octanol–water partition coefficient (Wildman–Crippen LogP) is 2.60. The average Bonchev–Trinajstić information content (AvgIpc) is 2.74. The first kappa shape index (κ1) is 18.4. The topological polar surface area (TPSA) is 94.1 Å². The Morgan fingerprint density at radius 1 is 0.931 bits per heavy atom. The van der Waals surface area contributed by atoms with E-state index in [1.807, 2.05) is 60.7 Å². The molecule has 2 heterocycles. The summed E-state index contributed by atoms with van der Waals surface area (Å²) in [6, 6.07) is 21.6. The standard InChI is InChI=1S/C22H19N5O2/c23-22(29)26(15-17-10-5-2-6-11-17)27-20-18(12-7-13-24-20)25-19(21(27)28)14-16-8-3-1-4-9-16/h1-13H,14-15H2,(H2,23,29). The molecule has 0 atom stereocenters. The predicted molar refractivity (Wildman–Crippen MR) is 111 cm³/mol. The third kappa shape index (κ3) is 3.84. The monoisotopic (exact) mass is 385 g/mol. The number of fused-ring (bicyclic) bond motifs is 1. The van der Waals surface area contributed by atoms with E-state index in [0.29, 0.717) is 17.6 Å². The van der Waals surface area contributed by atoms with Crippen molar-refractivity contribution in [2.24, 2.45) is 5.73 Å². The van der Waals surface area contributed by atoms with Crippen LogP contribution in [0.25, 0.3) is 11.2 Å². The van der Waals surface area contributed by atoms with E-state index in [4.69, 9.17) is 5.73 Å². The van der Waals surface area contributed by atoms with Crippen molar-refractivity contribution in [2.45, 2.75) is 13.0 Å². The van der Waals surface area contributed by atoms with E-state index in [0.717, 1.165) is 11.1 Å². The number of pyridine rings is 1. The molecule has 29 heavy (non-hydrogen) atoms. The highest BCUT2D eigenvalue weighted by molar-refractivity contribution is 5.84. The number of rotatable bonds is 5. The summed E-state index contributed by atoms with van der Waals surface area (Å²) in [6.45, 7) is 0.135. The smallest absolute Gasteiger partial charge is 0.334 e. The summed E-state index contributed by atoms with van der Waals surface area (Å²) < 4.78 is 1.23. The number of hydrogen-bond donors (Lipinski definition) is 1. The van der Waals surface area contributed by atoms with Crippen LogP contribution < -0.4 is 16.3 Å². The maximum absolute atomic E-state index is 13.3. The summed E-state index contributed by atoms with van der Waals surface area (Å²) in [6.07, 6.45) is 1.89. The normalized spacial score (nSPS) is 10.8. The number of benzene rings is 2. The molecule has 2 aromatic carbocycles. The highest BCUT2D eigenvalue weighted by Crippen LogP contribution is 2.12. The molecule has 2 amide bonds. The molecule has 0 unspecified atom stereocenters. The molecule has 0 radical (unpaired) electrons. The zero-order valence-electron chi connectivity index (χ0n) is 15.6. The first-order chi connectivity index (χ1) is 14.1. The van der Waals surface area contributed by atoms with Crippen LogP contribution in [-0.2, 0) is 13.0 Å². The molecule has 2 N–H and O–H groups in total. The lowest BCUT2D eigenvalue weighted by Gasteiger charge is -2.24. The van der Waals surface area contributed by atoms with Crippen molar-refractivity contribution in [1.82, 2.24) is 14.6 Å². The molecule has 0 aliphatic carbocycles. The number of carbonyl (C=O) groups excluding carboxylic acids is 1. The van der Waals surface area contributed by atoms with Gasteiger partial charge in [-0.25, -0.2) is 19.8 Å². The first-order valence-corrected chi connectivity index (χ1v) is 9.15. The van der Waals surface area contributed by atoms with E-state index < -0.39 is 11.6 Å². The molecule has 0 fully saturated rings. The minimum atomic E-state index is -0.750. The van der Waals surface area contributed by atoms with Gasteiger partial charge in [0.1, 0.15) is 11.2 Å². The summed E-state index contributed by atoms with van der Waals surface area (Å²) in [5, 5.41) is 1.20. The van der Waals surface area contributed by atoms with Crippen LogP contribution in [0.5, 0.6) is 0 Å². The van der Waals surface area contributed by atoms with Crippen LogP contribution in [0, 0.1) is 0 Å². The van der Waals surface area contributed by atoms with E-state index in [9.17, 15) is 9.59 Å². The van der Waals surface area contributed by atoms with Crippen molar-refractivity contribution < 1.29 is 4.79 Å². The Kier molecular flexibility index (Phi) is 5.03. The van der Waals surface area contributed by atoms with Gasteiger partial charge in [0.25, 0.3) is 5.56 Å². The second kappa shape index (κ2) is 7.93. The Bertz CT molecular complexity index is 1210. The van der Waals surface area contributed by atoms with Gasteiger partial charge in [-0.1, -0.05) is 60.7 Å². The molecular formula is C22H19N5O2. The molecule has 7 nitrogen and oxygen atoms in total. The number of primary amides is 1. The Labute approximate surface area is 167 Å². The van der Waals surface area contributed by atoms with Crippen LogP contribution in [0.15, 0.2) is 83.8 Å². The van der Waals surface area contributed by atoms with Gasteiger partial charge < -0.3 is 5.73 Å². The van der Waals surface area contributed by atoms with Crippen molar-refractivity contribution in [3.63, 3.8) is 0 Å². The summed E-state index contributed by atoms with van der Waals surface area (Å²) >= 11 is 0. The third-order valence-electron chi connectivity index (χ3n) is 4.55. The molecule has 0 aliphatic heterocycles. The van der Waals surface area contributed by atoms with Crippen molar-refractivity contribution in [3.05, 3.63) is 106 Å². The number of urea groups is 1. The van der Waals surface area contributed by atoms with Gasteiger partial charge in [-0.2, -0.15) is 4.68 Å². The quantitative estimate of drug-likeness (QED) is 0.571. The fraction of sp³-hybridized carbons (Fsp3) is 0.0909. The maximum Gasteiger partial charge on any atom is 0.334 e. The zero-order valence-corrected chi connectivity index (χ0v) is 15.6. The lowest BCUT2D eigenvalue weighted by molar-refractivity contribution is 0.248. The minimum absolute atomic E-state index is 0.135. The third-order valence-corrected chi connectivity index (χ3v) is 4.55. The zero-order chi connectivity index (χ0) is 20.2. The fourth-order valence-electron chi connectivity index (χ4n) is 3.18. The van der Waals surface area contributed by atoms with Crippen molar-refractivity contribution >= 4 is 17.2 Å². The number of amides is 2. The van der Waals surface area contributed by atoms with E-state index in [1.54, 1.807) is 18.3 Å². The van der Waals surface area contributed by atoms with Crippen LogP contribution in [0.3, 0.4) is 0 Å². The molecule has 7 heteroatoms. The Morgan fingerprint density at radius 3 is 2.24 bits per heavy atom. The Hall–Kier alpha value is -4.00. The van der Waals surface area contributed by atoms with Crippen molar-refractivity contribution in [2.75, 3.05) is 5.01 Å². The van der Waals surface area contributed by atoms with E-state index in [-0.39, 0.29) is 12.2 Å². The molecule has 144 valence electrons. The van der Waals surface area contributed by atoms with Gasteiger partial charge >= 0.3 is 6.03 Å². The highest BCUT2D eigenvalue weighted by Gasteiger charge is 2.21. The van der Waals surface area contributed by atoms with Crippen LogP contribution in [0.2, 0.25) is 0 Å². The number of nitrogens with zero attached hydrogens (tertiary/aromatic N) is 4.